The Labute approximate surface area is 127 Å². The first-order valence-electron chi connectivity index (χ1n) is 6.47. The van der Waals surface area contributed by atoms with Crippen molar-refractivity contribution in [3.05, 3.63) is 16.6 Å². The molecule has 1 aliphatic rings. The van der Waals surface area contributed by atoms with Gasteiger partial charge in [-0.1, -0.05) is 6.92 Å². The van der Waals surface area contributed by atoms with Gasteiger partial charge in [0.2, 0.25) is 0 Å². The van der Waals surface area contributed by atoms with Gasteiger partial charge in [0.1, 0.15) is 13.2 Å². The van der Waals surface area contributed by atoms with Crippen LogP contribution < -0.4 is 14.8 Å². The van der Waals surface area contributed by atoms with E-state index in [2.05, 4.69) is 21.2 Å². The van der Waals surface area contributed by atoms with Gasteiger partial charge in [-0.25, -0.2) is 8.42 Å². The van der Waals surface area contributed by atoms with Crippen LogP contribution in [0.3, 0.4) is 0 Å². The van der Waals surface area contributed by atoms with Crippen molar-refractivity contribution in [1.82, 2.24) is 0 Å². The summed E-state index contributed by atoms with van der Waals surface area (Å²) < 4.78 is 35.1. The van der Waals surface area contributed by atoms with E-state index in [0.717, 1.165) is 10.2 Å². The molecule has 1 N–H and O–H groups in total. The van der Waals surface area contributed by atoms with Crippen molar-refractivity contribution in [2.24, 2.45) is 0 Å². The monoisotopic (exact) mass is 363 g/mol. The molecule has 1 heterocycles. The van der Waals surface area contributed by atoms with Crippen molar-refractivity contribution in [3.63, 3.8) is 0 Å². The number of sulfone groups is 1. The maximum Gasteiger partial charge on any atom is 0.163 e. The van der Waals surface area contributed by atoms with E-state index >= 15 is 0 Å². The number of rotatable bonds is 5. The Balaban J connectivity index is 2.13. The molecule has 112 valence electrons. The number of nitrogens with one attached hydrogen (secondary N) is 1. The van der Waals surface area contributed by atoms with E-state index < -0.39 is 9.84 Å². The van der Waals surface area contributed by atoms with Crippen molar-refractivity contribution in [3.8, 4) is 11.5 Å². The largest absolute Gasteiger partial charge is 0.486 e. The molecule has 0 saturated carbocycles. The summed E-state index contributed by atoms with van der Waals surface area (Å²) in [7, 11) is -3.00. The highest BCUT2D eigenvalue weighted by atomic mass is 79.9. The molecule has 0 saturated heterocycles. The third-order valence-electron chi connectivity index (χ3n) is 2.98. The van der Waals surface area contributed by atoms with E-state index in [9.17, 15) is 8.42 Å². The number of halogens is 1. The summed E-state index contributed by atoms with van der Waals surface area (Å²) in [6.07, 6.45) is 0. The van der Waals surface area contributed by atoms with Crippen molar-refractivity contribution in [1.29, 1.82) is 0 Å². The Morgan fingerprint density at radius 2 is 1.90 bits per heavy atom. The zero-order chi connectivity index (χ0) is 14.8. The highest BCUT2D eigenvalue weighted by molar-refractivity contribution is 9.10. The first kappa shape index (κ1) is 15.4. The number of benzene rings is 1. The van der Waals surface area contributed by atoms with Crippen molar-refractivity contribution < 1.29 is 17.9 Å². The minimum Gasteiger partial charge on any atom is -0.486 e. The molecule has 1 unspecified atom stereocenters. The van der Waals surface area contributed by atoms with Gasteiger partial charge in [-0.3, -0.25) is 0 Å². The normalized spacial score (nSPS) is 15.8. The third kappa shape index (κ3) is 3.79. The fourth-order valence-corrected chi connectivity index (χ4v) is 3.50. The molecule has 1 aromatic carbocycles. The van der Waals surface area contributed by atoms with Crippen LogP contribution in [0, 0.1) is 0 Å². The molecule has 1 aromatic rings. The molecule has 0 fully saturated rings. The maximum atomic E-state index is 11.6. The highest BCUT2D eigenvalue weighted by Gasteiger charge is 2.18. The first-order chi connectivity index (χ1) is 9.41. The number of hydrogen-bond acceptors (Lipinski definition) is 5. The van der Waals surface area contributed by atoms with Gasteiger partial charge >= 0.3 is 0 Å². The standard InChI is InChI=1S/C13H18BrNO4S/c1-3-20(16,17)8-9(2)15-11-7-13-12(6-10(11)14)18-4-5-19-13/h6-7,9,15H,3-5,8H2,1-2H3. The molecule has 0 aromatic heterocycles. The van der Waals surface area contributed by atoms with Gasteiger partial charge in [-0.2, -0.15) is 0 Å². The molecular formula is C13H18BrNO4S. The van der Waals surface area contributed by atoms with Crippen LogP contribution in [0.4, 0.5) is 5.69 Å². The van der Waals surface area contributed by atoms with Crippen LogP contribution in [-0.4, -0.2) is 39.2 Å². The summed E-state index contributed by atoms with van der Waals surface area (Å²) in [5, 5.41) is 3.19. The third-order valence-corrected chi connectivity index (χ3v) is 5.52. The fraction of sp³-hybridized carbons (Fsp3) is 0.538. The van der Waals surface area contributed by atoms with E-state index in [4.69, 9.17) is 9.47 Å². The summed E-state index contributed by atoms with van der Waals surface area (Å²) >= 11 is 3.45. The van der Waals surface area contributed by atoms with Crippen LogP contribution in [0.15, 0.2) is 16.6 Å². The lowest BCUT2D eigenvalue weighted by atomic mass is 10.2. The van der Waals surface area contributed by atoms with Crippen LogP contribution in [0.25, 0.3) is 0 Å². The van der Waals surface area contributed by atoms with Crippen LogP contribution in [0.1, 0.15) is 13.8 Å². The van der Waals surface area contributed by atoms with Gasteiger partial charge in [0.05, 0.1) is 11.4 Å². The highest BCUT2D eigenvalue weighted by Crippen LogP contribution is 2.38. The smallest absolute Gasteiger partial charge is 0.163 e. The van der Waals surface area contributed by atoms with Gasteiger partial charge in [0, 0.05) is 28.4 Å². The minimum absolute atomic E-state index is 0.102. The Hall–Kier alpha value is -0.950. The van der Waals surface area contributed by atoms with Crippen LogP contribution in [0.2, 0.25) is 0 Å². The van der Waals surface area contributed by atoms with E-state index in [1.165, 1.54) is 0 Å². The number of fused-ring (bicyclic) bond motifs is 1. The number of anilines is 1. The van der Waals surface area contributed by atoms with Crippen LogP contribution in [-0.2, 0) is 9.84 Å². The zero-order valence-corrected chi connectivity index (χ0v) is 13.9. The molecular weight excluding hydrogens is 346 g/mol. The molecule has 0 bridgehead atoms. The van der Waals surface area contributed by atoms with E-state index in [-0.39, 0.29) is 17.5 Å². The lowest BCUT2D eigenvalue weighted by Gasteiger charge is -2.22. The van der Waals surface area contributed by atoms with Crippen LogP contribution >= 0.6 is 15.9 Å². The van der Waals surface area contributed by atoms with Gasteiger partial charge in [-0.05, 0) is 22.9 Å². The second-order valence-electron chi connectivity index (χ2n) is 4.72. The molecule has 0 spiro atoms. The Kier molecular flexibility index (Phi) is 4.80. The Morgan fingerprint density at radius 1 is 1.30 bits per heavy atom. The van der Waals surface area contributed by atoms with Crippen LogP contribution in [0.5, 0.6) is 11.5 Å². The summed E-state index contributed by atoms with van der Waals surface area (Å²) in [4.78, 5) is 0. The average molecular weight is 364 g/mol. The molecule has 1 atom stereocenters. The SMILES string of the molecule is CCS(=O)(=O)CC(C)Nc1cc2c(cc1Br)OCCO2. The molecule has 1 aliphatic heterocycles. The minimum atomic E-state index is -3.00. The quantitative estimate of drug-likeness (QED) is 0.870. The van der Waals surface area contributed by atoms with Crippen molar-refractivity contribution in [2.75, 3.05) is 30.0 Å². The second-order valence-corrected chi connectivity index (χ2v) is 7.97. The maximum absolute atomic E-state index is 11.6. The molecule has 0 aliphatic carbocycles. The first-order valence-corrected chi connectivity index (χ1v) is 9.09. The predicted octanol–water partition coefficient (Wildman–Crippen LogP) is 2.46. The van der Waals surface area contributed by atoms with Gasteiger partial charge in [0.25, 0.3) is 0 Å². The molecule has 2 rings (SSSR count). The van der Waals surface area contributed by atoms with Gasteiger partial charge < -0.3 is 14.8 Å². The number of hydrogen-bond donors (Lipinski definition) is 1. The van der Waals surface area contributed by atoms with Gasteiger partial charge in [-0.15, -0.1) is 0 Å². The fourth-order valence-electron chi connectivity index (χ4n) is 1.98. The molecule has 7 heteroatoms. The lowest BCUT2D eigenvalue weighted by Crippen LogP contribution is -2.27. The van der Waals surface area contributed by atoms with Crippen molar-refractivity contribution in [2.45, 2.75) is 19.9 Å². The zero-order valence-electron chi connectivity index (χ0n) is 11.5. The molecule has 20 heavy (non-hydrogen) atoms. The van der Waals surface area contributed by atoms with E-state index in [1.807, 2.05) is 19.1 Å². The van der Waals surface area contributed by atoms with E-state index in [1.54, 1.807) is 6.92 Å². The number of ether oxygens (including phenoxy) is 2. The Bertz CT molecular complexity index is 588. The van der Waals surface area contributed by atoms with E-state index in [0.29, 0.717) is 24.7 Å². The topological polar surface area (TPSA) is 64.6 Å². The predicted molar refractivity (Wildman–Crippen MR) is 82.5 cm³/mol. The lowest BCUT2D eigenvalue weighted by molar-refractivity contribution is 0.171. The summed E-state index contributed by atoms with van der Waals surface area (Å²) in [6.45, 7) is 4.56. The molecule has 0 amide bonds. The van der Waals surface area contributed by atoms with Gasteiger partial charge in [0.15, 0.2) is 21.3 Å². The Morgan fingerprint density at radius 3 is 2.50 bits per heavy atom. The average Bonchev–Trinajstić information content (AvgIpc) is 2.39. The molecule has 5 nitrogen and oxygen atoms in total. The summed E-state index contributed by atoms with van der Waals surface area (Å²) in [5.74, 6) is 1.63. The van der Waals surface area contributed by atoms with Crippen molar-refractivity contribution >= 4 is 31.5 Å². The summed E-state index contributed by atoms with van der Waals surface area (Å²) in [5.41, 5.74) is 0.799. The molecule has 0 radical (unpaired) electrons. The summed E-state index contributed by atoms with van der Waals surface area (Å²) in [6, 6.07) is 3.48. The second kappa shape index (κ2) is 6.22.